The lowest BCUT2D eigenvalue weighted by molar-refractivity contribution is 0.602. The Morgan fingerprint density at radius 1 is 1.20 bits per heavy atom. The van der Waals surface area contributed by atoms with Crippen molar-refractivity contribution >= 4 is 11.0 Å². The third-order valence-corrected chi connectivity index (χ3v) is 2.83. The molecule has 0 unspecified atom stereocenters. The maximum Gasteiger partial charge on any atom is 0.106 e. The van der Waals surface area contributed by atoms with Crippen LogP contribution in [-0.2, 0) is 6.54 Å². The normalized spacial score (nSPS) is 11.1. The molecule has 1 aromatic carbocycles. The fraction of sp³-hybridized carbons (Fsp3) is 0.462. The zero-order valence-corrected chi connectivity index (χ0v) is 9.53. The molecule has 0 aliphatic rings. The molecule has 0 fully saturated rings. The van der Waals surface area contributed by atoms with Crippen molar-refractivity contribution in [1.29, 1.82) is 0 Å². The summed E-state index contributed by atoms with van der Waals surface area (Å²) in [6.45, 7) is 5.42. The van der Waals surface area contributed by atoms with E-state index in [0.717, 1.165) is 17.9 Å². The highest BCUT2D eigenvalue weighted by Crippen LogP contribution is 2.16. The minimum Gasteiger partial charge on any atom is -0.328 e. The zero-order chi connectivity index (χ0) is 10.7. The average Bonchev–Trinajstić information content (AvgIpc) is 2.56. The Balaban J connectivity index is 2.28. The Labute approximate surface area is 90.9 Å². The summed E-state index contributed by atoms with van der Waals surface area (Å²) in [7, 11) is 0. The Morgan fingerprint density at radius 2 is 2.00 bits per heavy atom. The van der Waals surface area contributed by atoms with Crippen LogP contribution in [0, 0.1) is 6.92 Å². The highest BCUT2D eigenvalue weighted by atomic mass is 15.1. The van der Waals surface area contributed by atoms with E-state index in [9.17, 15) is 0 Å². The number of imidazole rings is 1. The fourth-order valence-corrected chi connectivity index (χ4v) is 2.00. The first-order chi connectivity index (χ1) is 7.33. The van der Waals surface area contributed by atoms with Gasteiger partial charge in [0.05, 0.1) is 11.0 Å². The molecule has 0 aliphatic heterocycles. The van der Waals surface area contributed by atoms with Crippen LogP contribution in [0.4, 0.5) is 0 Å². The van der Waals surface area contributed by atoms with Gasteiger partial charge in [0.2, 0.25) is 0 Å². The third kappa shape index (κ3) is 2.04. The SMILES string of the molecule is CCCCCn1c(C)nc2ccccc21. The van der Waals surface area contributed by atoms with Gasteiger partial charge in [-0.2, -0.15) is 0 Å². The first kappa shape index (κ1) is 10.2. The molecule has 2 rings (SSSR count). The van der Waals surface area contributed by atoms with Crippen LogP contribution in [-0.4, -0.2) is 9.55 Å². The van der Waals surface area contributed by atoms with Gasteiger partial charge < -0.3 is 4.57 Å². The van der Waals surface area contributed by atoms with E-state index in [0.29, 0.717) is 0 Å². The van der Waals surface area contributed by atoms with Crippen molar-refractivity contribution in [2.24, 2.45) is 0 Å². The lowest BCUT2D eigenvalue weighted by atomic mass is 10.2. The van der Waals surface area contributed by atoms with Gasteiger partial charge in [0.1, 0.15) is 5.82 Å². The molecule has 0 N–H and O–H groups in total. The molecule has 80 valence electrons. The van der Waals surface area contributed by atoms with Gasteiger partial charge in [-0.1, -0.05) is 31.9 Å². The van der Waals surface area contributed by atoms with E-state index in [1.54, 1.807) is 0 Å². The Kier molecular flexibility index (Phi) is 3.05. The van der Waals surface area contributed by atoms with E-state index in [1.807, 2.05) is 6.07 Å². The fourth-order valence-electron chi connectivity index (χ4n) is 2.00. The number of unbranched alkanes of at least 4 members (excludes halogenated alkanes) is 2. The van der Waals surface area contributed by atoms with Gasteiger partial charge in [0.15, 0.2) is 0 Å². The highest BCUT2D eigenvalue weighted by molar-refractivity contribution is 5.75. The monoisotopic (exact) mass is 202 g/mol. The second kappa shape index (κ2) is 4.47. The van der Waals surface area contributed by atoms with Crippen molar-refractivity contribution < 1.29 is 0 Å². The third-order valence-electron chi connectivity index (χ3n) is 2.83. The summed E-state index contributed by atoms with van der Waals surface area (Å²) in [5, 5.41) is 0. The summed E-state index contributed by atoms with van der Waals surface area (Å²) < 4.78 is 2.32. The number of nitrogens with zero attached hydrogens (tertiary/aromatic N) is 2. The van der Waals surface area contributed by atoms with Crippen LogP contribution in [0.1, 0.15) is 32.0 Å². The minimum atomic E-state index is 1.10. The van der Waals surface area contributed by atoms with E-state index in [-0.39, 0.29) is 0 Å². The van der Waals surface area contributed by atoms with E-state index in [4.69, 9.17) is 0 Å². The van der Waals surface area contributed by atoms with Crippen molar-refractivity contribution in [2.75, 3.05) is 0 Å². The molecule has 0 aliphatic carbocycles. The molecule has 0 saturated heterocycles. The number of aromatic nitrogens is 2. The van der Waals surface area contributed by atoms with Crippen LogP contribution in [0.3, 0.4) is 0 Å². The first-order valence-electron chi connectivity index (χ1n) is 5.75. The van der Waals surface area contributed by atoms with Crippen molar-refractivity contribution in [1.82, 2.24) is 9.55 Å². The van der Waals surface area contributed by atoms with Crippen molar-refractivity contribution in [3.05, 3.63) is 30.1 Å². The second-order valence-corrected chi connectivity index (χ2v) is 4.01. The molecule has 1 aromatic heterocycles. The number of fused-ring (bicyclic) bond motifs is 1. The molecule has 0 atom stereocenters. The predicted molar refractivity (Wildman–Crippen MR) is 64.0 cm³/mol. The van der Waals surface area contributed by atoms with Crippen molar-refractivity contribution in [3.8, 4) is 0 Å². The number of para-hydroxylation sites is 2. The standard InChI is InChI=1S/C13H18N2/c1-3-4-7-10-15-11(2)14-12-8-5-6-9-13(12)15/h5-6,8-9H,3-4,7,10H2,1-2H3. The van der Waals surface area contributed by atoms with Crippen LogP contribution in [0.2, 0.25) is 0 Å². The molecule has 1 heterocycles. The van der Waals surface area contributed by atoms with Gasteiger partial charge in [-0.05, 0) is 25.5 Å². The highest BCUT2D eigenvalue weighted by Gasteiger charge is 2.05. The minimum absolute atomic E-state index is 1.10. The lowest BCUT2D eigenvalue weighted by Crippen LogP contribution is -2.00. The van der Waals surface area contributed by atoms with E-state index in [1.165, 1.54) is 24.8 Å². The topological polar surface area (TPSA) is 17.8 Å². The van der Waals surface area contributed by atoms with Crippen LogP contribution in [0.5, 0.6) is 0 Å². The molecular weight excluding hydrogens is 184 g/mol. The zero-order valence-electron chi connectivity index (χ0n) is 9.53. The van der Waals surface area contributed by atoms with Gasteiger partial charge in [-0.15, -0.1) is 0 Å². The largest absolute Gasteiger partial charge is 0.328 e. The summed E-state index contributed by atoms with van der Waals surface area (Å²) in [4.78, 5) is 4.55. The molecule has 0 bridgehead atoms. The molecular formula is C13H18N2. The molecule has 0 amide bonds. The number of benzene rings is 1. The van der Waals surface area contributed by atoms with E-state index < -0.39 is 0 Å². The van der Waals surface area contributed by atoms with Crippen LogP contribution >= 0.6 is 0 Å². The smallest absolute Gasteiger partial charge is 0.106 e. The van der Waals surface area contributed by atoms with Crippen LogP contribution in [0.15, 0.2) is 24.3 Å². The van der Waals surface area contributed by atoms with E-state index >= 15 is 0 Å². The summed E-state index contributed by atoms with van der Waals surface area (Å²) in [6.07, 6.45) is 3.81. The summed E-state index contributed by atoms with van der Waals surface area (Å²) in [5.41, 5.74) is 2.39. The van der Waals surface area contributed by atoms with Gasteiger partial charge >= 0.3 is 0 Å². The number of rotatable bonds is 4. The summed E-state index contributed by atoms with van der Waals surface area (Å²) in [5.74, 6) is 1.13. The quantitative estimate of drug-likeness (QED) is 0.693. The number of aryl methyl sites for hydroxylation is 2. The Hall–Kier alpha value is -1.31. The lowest BCUT2D eigenvalue weighted by Gasteiger charge is -2.05. The summed E-state index contributed by atoms with van der Waals surface area (Å²) in [6, 6.07) is 8.37. The molecule has 0 radical (unpaired) electrons. The number of hydrogen-bond donors (Lipinski definition) is 0. The van der Waals surface area contributed by atoms with Gasteiger partial charge in [-0.3, -0.25) is 0 Å². The van der Waals surface area contributed by atoms with Crippen molar-refractivity contribution in [3.63, 3.8) is 0 Å². The molecule has 2 aromatic rings. The molecule has 2 heteroatoms. The predicted octanol–water partition coefficient (Wildman–Crippen LogP) is 3.53. The Bertz CT molecular complexity index is 443. The van der Waals surface area contributed by atoms with E-state index in [2.05, 4.69) is 41.6 Å². The Morgan fingerprint density at radius 3 is 2.80 bits per heavy atom. The maximum absolute atomic E-state index is 4.55. The van der Waals surface area contributed by atoms with Gasteiger partial charge in [0, 0.05) is 6.54 Å². The molecule has 0 spiro atoms. The first-order valence-corrected chi connectivity index (χ1v) is 5.75. The molecule has 15 heavy (non-hydrogen) atoms. The maximum atomic E-state index is 4.55. The van der Waals surface area contributed by atoms with Crippen LogP contribution < -0.4 is 0 Å². The second-order valence-electron chi connectivity index (χ2n) is 4.01. The van der Waals surface area contributed by atoms with Crippen molar-refractivity contribution in [2.45, 2.75) is 39.7 Å². The van der Waals surface area contributed by atoms with Crippen LogP contribution in [0.25, 0.3) is 11.0 Å². The summed E-state index contributed by atoms with van der Waals surface area (Å²) >= 11 is 0. The van der Waals surface area contributed by atoms with Gasteiger partial charge in [-0.25, -0.2) is 4.98 Å². The molecule has 0 saturated carbocycles. The molecule has 2 nitrogen and oxygen atoms in total. The number of hydrogen-bond acceptors (Lipinski definition) is 1. The average molecular weight is 202 g/mol. The van der Waals surface area contributed by atoms with Gasteiger partial charge in [0.25, 0.3) is 0 Å².